The fourth-order valence-electron chi connectivity index (χ4n) is 1.92. The molecule has 0 unspecified atom stereocenters. The number of benzene rings is 2. The lowest BCUT2D eigenvalue weighted by Gasteiger charge is -2.13. The average molecular weight is 404 g/mol. The van der Waals surface area contributed by atoms with Crippen LogP contribution >= 0.6 is 15.9 Å². The third-order valence-electron chi connectivity index (χ3n) is 3.35. The number of hydrogen-bond acceptors (Lipinski definition) is 3. The quantitative estimate of drug-likeness (QED) is 0.685. The Kier molecular flexibility index (Phi) is 6.30. The molecule has 0 atom stereocenters. The van der Waals surface area contributed by atoms with E-state index < -0.39 is 5.91 Å². The topological polar surface area (TPSA) is 87.3 Å². The standard InChI is InChI=1S/C18H18BrN3O3/c1-11(2)16(23)21-22-18(25)14-5-3-4-6-15(14)20-17(24)12-7-9-13(19)10-8-12/h3-11H,1-2H3,(H,20,24)(H,21,23)(H,22,25). The predicted molar refractivity (Wildman–Crippen MR) is 99.0 cm³/mol. The van der Waals surface area contributed by atoms with E-state index >= 15 is 0 Å². The highest BCUT2D eigenvalue weighted by Crippen LogP contribution is 2.17. The van der Waals surface area contributed by atoms with Gasteiger partial charge in [-0.05, 0) is 36.4 Å². The molecule has 0 saturated heterocycles. The van der Waals surface area contributed by atoms with Crippen LogP contribution in [0, 0.1) is 5.92 Å². The van der Waals surface area contributed by atoms with Crippen LogP contribution in [0.3, 0.4) is 0 Å². The molecular formula is C18H18BrN3O3. The summed E-state index contributed by atoms with van der Waals surface area (Å²) >= 11 is 3.31. The van der Waals surface area contributed by atoms with Crippen LogP contribution in [0.1, 0.15) is 34.6 Å². The molecule has 0 aromatic heterocycles. The normalized spacial score (nSPS) is 10.2. The number of carbonyl (C=O) groups excluding carboxylic acids is 3. The summed E-state index contributed by atoms with van der Waals surface area (Å²) in [7, 11) is 0. The Hall–Kier alpha value is -2.67. The van der Waals surface area contributed by atoms with Gasteiger partial charge in [-0.2, -0.15) is 0 Å². The van der Waals surface area contributed by atoms with Crippen LogP contribution in [-0.4, -0.2) is 17.7 Å². The third-order valence-corrected chi connectivity index (χ3v) is 3.88. The predicted octanol–water partition coefficient (Wildman–Crippen LogP) is 3.12. The van der Waals surface area contributed by atoms with Crippen LogP contribution in [0.25, 0.3) is 0 Å². The van der Waals surface area contributed by atoms with Crippen molar-refractivity contribution in [3.8, 4) is 0 Å². The van der Waals surface area contributed by atoms with Gasteiger partial charge in [0.15, 0.2) is 0 Å². The van der Waals surface area contributed by atoms with Crippen molar-refractivity contribution >= 4 is 39.3 Å². The van der Waals surface area contributed by atoms with Gasteiger partial charge < -0.3 is 5.32 Å². The van der Waals surface area contributed by atoms with E-state index in [0.29, 0.717) is 11.3 Å². The second kappa shape index (κ2) is 8.43. The second-order valence-corrected chi connectivity index (χ2v) is 6.52. The smallest absolute Gasteiger partial charge is 0.271 e. The lowest BCUT2D eigenvalue weighted by molar-refractivity contribution is -0.124. The van der Waals surface area contributed by atoms with Crippen LogP contribution in [0.5, 0.6) is 0 Å². The zero-order valence-electron chi connectivity index (χ0n) is 13.8. The van der Waals surface area contributed by atoms with Crippen molar-refractivity contribution in [3.63, 3.8) is 0 Å². The van der Waals surface area contributed by atoms with Gasteiger partial charge in [0.2, 0.25) is 5.91 Å². The first-order valence-electron chi connectivity index (χ1n) is 7.64. The highest BCUT2D eigenvalue weighted by atomic mass is 79.9. The molecule has 2 aromatic rings. The first-order chi connectivity index (χ1) is 11.9. The number of carbonyl (C=O) groups is 3. The van der Waals surface area contributed by atoms with Gasteiger partial charge in [-0.15, -0.1) is 0 Å². The van der Waals surface area contributed by atoms with Crippen molar-refractivity contribution in [2.75, 3.05) is 5.32 Å². The van der Waals surface area contributed by atoms with E-state index in [1.165, 1.54) is 0 Å². The number of hydrogen-bond donors (Lipinski definition) is 3. The largest absolute Gasteiger partial charge is 0.321 e. The number of rotatable bonds is 4. The van der Waals surface area contributed by atoms with Crippen molar-refractivity contribution in [2.24, 2.45) is 5.92 Å². The molecule has 0 spiro atoms. The van der Waals surface area contributed by atoms with Crippen molar-refractivity contribution < 1.29 is 14.4 Å². The Morgan fingerprint density at radius 1 is 0.880 bits per heavy atom. The lowest BCUT2D eigenvalue weighted by atomic mass is 10.1. The molecule has 6 nitrogen and oxygen atoms in total. The zero-order valence-corrected chi connectivity index (χ0v) is 15.4. The number of halogens is 1. The summed E-state index contributed by atoms with van der Waals surface area (Å²) < 4.78 is 0.865. The molecule has 0 aliphatic rings. The molecule has 3 amide bonds. The average Bonchev–Trinajstić information content (AvgIpc) is 2.60. The molecule has 0 radical (unpaired) electrons. The van der Waals surface area contributed by atoms with Gasteiger partial charge in [-0.3, -0.25) is 25.2 Å². The lowest BCUT2D eigenvalue weighted by Crippen LogP contribution is -2.43. The Labute approximate surface area is 154 Å². The van der Waals surface area contributed by atoms with Gasteiger partial charge in [-0.25, -0.2) is 0 Å². The molecule has 0 fully saturated rings. The molecule has 0 heterocycles. The molecule has 2 rings (SSSR count). The van der Waals surface area contributed by atoms with Gasteiger partial charge in [0.05, 0.1) is 11.3 Å². The van der Waals surface area contributed by atoms with Crippen LogP contribution in [0.4, 0.5) is 5.69 Å². The summed E-state index contributed by atoms with van der Waals surface area (Å²) in [5, 5.41) is 2.71. The molecule has 0 bridgehead atoms. The molecule has 7 heteroatoms. The minimum Gasteiger partial charge on any atom is -0.321 e. The summed E-state index contributed by atoms with van der Waals surface area (Å²) in [6, 6.07) is 13.4. The monoisotopic (exact) mass is 403 g/mol. The van der Waals surface area contributed by atoms with Crippen molar-refractivity contribution in [3.05, 3.63) is 64.1 Å². The first kappa shape index (κ1) is 18.7. The number of para-hydroxylation sites is 1. The third kappa shape index (κ3) is 5.15. The summed E-state index contributed by atoms with van der Waals surface area (Å²) in [5.74, 6) is -1.41. The number of hydrazine groups is 1. The molecule has 0 aliphatic carbocycles. The maximum Gasteiger partial charge on any atom is 0.271 e. The number of anilines is 1. The van der Waals surface area contributed by atoms with Gasteiger partial charge in [0.25, 0.3) is 11.8 Å². The number of nitrogens with one attached hydrogen (secondary N) is 3. The molecule has 3 N–H and O–H groups in total. The van der Waals surface area contributed by atoms with Crippen LogP contribution in [0.2, 0.25) is 0 Å². The van der Waals surface area contributed by atoms with E-state index in [2.05, 4.69) is 32.1 Å². The summed E-state index contributed by atoms with van der Waals surface area (Å²) in [6.45, 7) is 3.43. The molecule has 25 heavy (non-hydrogen) atoms. The fraction of sp³-hybridized carbons (Fsp3) is 0.167. The van der Waals surface area contributed by atoms with Crippen molar-refractivity contribution in [2.45, 2.75) is 13.8 Å². The minimum absolute atomic E-state index is 0.247. The van der Waals surface area contributed by atoms with Crippen LogP contribution in [0.15, 0.2) is 53.0 Å². The fourth-order valence-corrected chi connectivity index (χ4v) is 2.18. The second-order valence-electron chi connectivity index (χ2n) is 5.60. The highest BCUT2D eigenvalue weighted by Gasteiger charge is 2.15. The molecule has 0 aliphatic heterocycles. The van der Waals surface area contributed by atoms with Crippen LogP contribution < -0.4 is 16.2 Å². The van der Waals surface area contributed by atoms with E-state index in [9.17, 15) is 14.4 Å². The zero-order chi connectivity index (χ0) is 18.4. The van der Waals surface area contributed by atoms with Crippen molar-refractivity contribution in [1.82, 2.24) is 10.9 Å². The van der Waals surface area contributed by atoms with Crippen molar-refractivity contribution in [1.29, 1.82) is 0 Å². The van der Waals surface area contributed by atoms with E-state index in [4.69, 9.17) is 0 Å². The summed E-state index contributed by atoms with van der Waals surface area (Å²) in [6.07, 6.45) is 0. The van der Waals surface area contributed by atoms with Gasteiger partial charge in [0, 0.05) is 16.0 Å². The Morgan fingerprint density at radius 3 is 2.16 bits per heavy atom. The summed E-state index contributed by atoms with van der Waals surface area (Å²) in [4.78, 5) is 36.2. The highest BCUT2D eigenvalue weighted by molar-refractivity contribution is 9.10. The Morgan fingerprint density at radius 2 is 1.52 bits per heavy atom. The van der Waals surface area contributed by atoms with Crippen LogP contribution in [-0.2, 0) is 4.79 Å². The van der Waals surface area contributed by atoms with E-state index in [-0.39, 0.29) is 23.3 Å². The maximum atomic E-state index is 12.3. The molecule has 130 valence electrons. The van der Waals surface area contributed by atoms with Gasteiger partial charge in [-0.1, -0.05) is 41.9 Å². The SMILES string of the molecule is CC(C)C(=O)NNC(=O)c1ccccc1NC(=O)c1ccc(Br)cc1. The van der Waals surface area contributed by atoms with Gasteiger partial charge >= 0.3 is 0 Å². The maximum absolute atomic E-state index is 12.3. The first-order valence-corrected chi connectivity index (χ1v) is 8.44. The van der Waals surface area contributed by atoms with E-state index in [0.717, 1.165) is 4.47 Å². The number of amides is 3. The van der Waals surface area contributed by atoms with Gasteiger partial charge in [0.1, 0.15) is 0 Å². The molecule has 0 saturated carbocycles. The summed E-state index contributed by atoms with van der Waals surface area (Å²) in [5.41, 5.74) is 5.75. The van der Waals surface area contributed by atoms with E-state index in [1.807, 2.05) is 0 Å². The minimum atomic E-state index is -0.513. The Bertz CT molecular complexity index is 788. The molecular weight excluding hydrogens is 386 g/mol. The molecule has 2 aromatic carbocycles. The van der Waals surface area contributed by atoms with E-state index in [1.54, 1.807) is 62.4 Å². The Balaban J connectivity index is 2.12.